The SMILES string of the molecule is c1ccc2c(c1)CC(CC1CCCC1)N2. The monoisotopic (exact) mass is 201 g/mol. The third kappa shape index (κ3) is 1.88. The van der Waals surface area contributed by atoms with E-state index in [1.54, 1.807) is 0 Å². The molecule has 1 heteroatoms. The first-order chi connectivity index (χ1) is 7.42. The Morgan fingerprint density at radius 2 is 1.93 bits per heavy atom. The average molecular weight is 201 g/mol. The fourth-order valence-corrected chi connectivity index (χ4v) is 3.17. The molecule has 15 heavy (non-hydrogen) atoms. The third-order valence-electron chi connectivity index (χ3n) is 3.94. The van der Waals surface area contributed by atoms with Crippen LogP contribution in [0.1, 0.15) is 37.7 Å². The van der Waals surface area contributed by atoms with Crippen LogP contribution in [0.5, 0.6) is 0 Å². The second-order valence-electron chi connectivity index (χ2n) is 5.09. The van der Waals surface area contributed by atoms with Crippen LogP contribution in [0.2, 0.25) is 0 Å². The van der Waals surface area contributed by atoms with Crippen molar-refractivity contribution in [1.82, 2.24) is 0 Å². The van der Waals surface area contributed by atoms with Gasteiger partial charge in [0.05, 0.1) is 0 Å². The van der Waals surface area contributed by atoms with Crippen molar-refractivity contribution in [2.45, 2.75) is 44.6 Å². The molecule has 1 nitrogen and oxygen atoms in total. The van der Waals surface area contributed by atoms with Crippen molar-refractivity contribution >= 4 is 5.69 Å². The summed E-state index contributed by atoms with van der Waals surface area (Å²) < 4.78 is 0. The highest BCUT2D eigenvalue weighted by Crippen LogP contribution is 2.33. The summed E-state index contributed by atoms with van der Waals surface area (Å²) in [6.45, 7) is 0. The van der Waals surface area contributed by atoms with E-state index in [9.17, 15) is 0 Å². The van der Waals surface area contributed by atoms with Gasteiger partial charge in [0.2, 0.25) is 0 Å². The topological polar surface area (TPSA) is 12.0 Å². The van der Waals surface area contributed by atoms with Gasteiger partial charge >= 0.3 is 0 Å². The lowest BCUT2D eigenvalue weighted by Gasteiger charge is -2.15. The van der Waals surface area contributed by atoms with Crippen LogP contribution in [0.4, 0.5) is 5.69 Å². The molecule has 1 unspecified atom stereocenters. The van der Waals surface area contributed by atoms with Gasteiger partial charge in [0.15, 0.2) is 0 Å². The lowest BCUT2D eigenvalue weighted by molar-refractivity contribution is 0.463. The van der Waals surface area contributed by atoms with Crippen LogP contribution < -0.4 is 5.32 Å². The van der Waals surface area contributed by atoms with Crippen molar-refractivity contribution < 1.29 is 0 Å². The summed E-state index contributed by atoms with van der Waals surface area (Å²) in [5.74, 6) is 0.997. The minimum absolute atomic E-state index is 0.713. The van der Waals surface area contributed by atoms with Crippen molar-refractivity contribution in [3.8, 4) is 0 Å². The van der Waals surface area contributed by atoms with Crippen LogP contribution >= 0.6 is 0 Å². The standard InChI is InChI=1S/C14H19N/c1-2-6-11(5-1)9-13-10-12-7-3-4-8-14(12)15-13/h3-4,7-8,11,13,15H,1-2,5-6,9-10H2. The van der Waals surface area contributed by atoms with E-state index in [-0.39, 0.29) is 0 Å². The Balaban J connectivity index is 1.63. The molecule has 0 amide bonds. The van der Waals surface area contributed by atoms with Crippen molar-refractivity contribution in [3.63, 3.8) is 0 Å². The molecule has 1 aromatic rings. The molecule has 1 saturated carbocycles. The van der Waals surface area contributed by atoms with Gasteiger partial charge < -0.3 is 5.32 Å². The van der Waals surface area contributed by atoms with Crippen LogP contribution in [-0.4, -0.2) is 6.04 Å². The van der Waals surface area contributed by atoms with Gasteiger partial charge in [0.25, 0.3) is 0 Å². The maximum absolute atomic E-state index is 3.66. The molecule has 0 aromatic heterocycles. The molecule has 80 valence electrons. The molecule has 0 bridgehead atoms. The minimum Gasteiger partial charge on any atom is -0.382 e. The maximum Gasteiger partial charge on any atom is 0.0375 e. The summed E-state index contributed by atoms with van der Waals surface area (Å²) in [7, 11) is 0. The molecule has 0 radical (unpaired) electrons. The zero-order valence-electron chi connectivity index (χ0n) is 9.21. The van der Waals surface area contributed by atoms with Crippen LogP contribution in [-0.2, 0) is 6.42 Å². The molecule has 1 fully saturated rings. The highest BCUT2D eigenvalue weighted by Gasteiger charge is 2.24. The predicted octanol–water partition coefficient (Wildman–Crippen LogP) is 3.60. The van der Waals surface area contributed by atoms with E-state index in [2.05, 4.69) is 29.6 Å². The molecule has 1 aliphatic heterocycles. The molecular formula is C14H19N. The summed E-state index contributed by atoms with van der Waals surface area (Å²) in [6.07, 6.45) is 8.49. The Labute approximate surface area is 91.9 Å². The fourth-order valence-electron chi connectivity index (χ4n) is 3.17. The lowest BCUT2D eigenvalue weighted by Crippen LogP contribution is -2.18. The van der Waals surface area contributed by atoms with E-state index in [0.29, 0.717) is 6.04 Å². The maximum atomic E-state index is 3.66. The van der Waals surface area contributed by atoms with E-state index < -0.39 is 0 Å². The number of benzene rings is 1. The Morgan fingerprint density at radius 1 is 1.13 bits per heavy atom. The Hall–Kier alpha value is -0.980. The van der Waals surface area contributed by atoms with Crippen molar-refractivity contribution in [2.75, 3.05) is 5.32 Å². The average Bonchev–Trinajstić information content (AvgIpc) is 2.86. The first-order valence-electron chi connectivity index (χ1n) is 6.26. The largest absolute Gasteiger partial charge is 0.382 e. The van der Waals surface area contributed by atoms with E-state index >= 15 is 0 Å². The molecule has 1 atom stereocenters. The minimum atomic E-state index is 0.713. The van der Waals surface area contributed by atoms with Gasteiger partial charge in [-0.05, 0) is 30.4 Å². The smallest absolute Gasteiger partial charge is 0.0375 e. The molecule has 0 saturated heterocycles. The van der Waals surface area contributed by atoms with Gasteiger partial charge in [-0.2, -0.15) is 0 Å². The fraction of sp³-hybridized carbons (Fsp3) is 0.571. The van der Waals surface area contributed by atoms with Gasteiger partial charge in [0.1, 0.15) is 0 Å². The molecule has 0 spiro atoms. The van der Waals surface area contributed by atoms with Crippen molar-refractivity contribution in [1.29, 1.82) is 0 Å². The molecule has 3 rings (SSSR count). The van der Waals surface area contributed by atoms with Crippen molar-refractivity contribution in [3.05, 3.63) is 29.8 Å². The first-order valence-corrected chi connectivity index (χ1v) is 6.26. The number of anilines is 1. The summed E-state index contributed by atoms with van der Waals surface area (Å²) in [6, 6.07) is 9.47. The number of nitrogens with one attached hydrogen (secondary N) is 1. The molecule has 1 aromatic carbocycles. The van der Waals surface area contributed by atoms with Crippen LogP contribution in [0, 0.1) is 5.92 Å². The Bertz CT molecular complexity index is 314. The second kappa shape index (κ2) is 3.88. The highest BCUT2D eigenvalue weighted by molar-refractivity contribution is 5.56. The third-order valence-corrected chi connectivity index (χ3v) is 3.94. The summed E-state index contributed by atoms with van der Waals surface area (Å²) in [5.41, 5.74) is 2.89. The zero-order chi connectivity index (χ0) is 10.1. The van der Waals surface area contributed by atoms with Gasteiger partial charge in [0, 0.05) is 11.7 Å². The number of hydrogen-bond acceptors (Lipinski definition) is 1. The first kappa shape index (κ1) is 9.26. The molecule has 2 aliphatic rings. The van der Waals surface area contributed by atoms with Gasteiger partial charge in [-0.15, -0.1) is 0 Å². The Morgan fingerprint density at radius 3 is 2.73 bits per heavy atom. The highest BCUT2D eigenvalue weighted by atomic mass is 14.9. The molecular weight excluding hydrogens is 182 g/mol. The van der Waals surface area contributed by atoms with E-state index in [4.69, 9.17) is 0 Å². The van der Waals surface area contributed by atoms with Crippen molar-refractivity contribution in [2.24, 2.45) is 5.92 Å². The quantitative estimate of drug-likeness (QED) is 0.771. The van der Waals surface area contributed by atoms with E-state index in [1.165, 1.54) is 49.8 Å². The van der Waals surface area contributed by atoms with E-state index in [0.717, 1.165) is 5.92 Å². The van der Waals surface area contributed by atoms with Crippen LogP contribution in [0.15, 0.2) is 24.3 Å². The number of para-hydroxylation sites is 1. The summed E-state index contributed by atoms with van der Waals surface area (Å²) >= 11 is 0. The molecule has 1 aliphatic carbocycles. The Kier molecular flexibility index (Phi) is 2.40. The second-order valence-corrected chi connectivity index (χ2v) is 5.09. The number of rotatable bonds is 2. The van der Waals surface area contributed by atoms with Gasteiger partial charge in [-0.1, -0.05) is 43.9 Å². The van der Waals surface area contributed by atoms with Gasteiger partial charge in [-0.25, -0.2) is 0 Å². The molecule has 1 N–H and O–H groups in total. The summed E-state index contributed by atoms with van der Waals surface area (Å²) in [5, 5.41) is 3.66. The molecule has 1 heterocycles. The normalized spacial score (nSPS) is 25.2. The number of fused-ring (bicyclic) bond motifs is 1. The number of hydrogen-bond donors (Lipinski definition) is 1. The predicted molar refractivity (Wildman–Crippen MR) is 64.1 cm³/mol. The van der Waals surface area contributed by atoms with Crippen LogP contribution in [0.3, 0.4) is 0 Å². The van der Waals surface area contributed by atoms with Crippen LogP contribution in [0.25, 0.3) is 0 Å². The lowest BCUT2D eigenvalue weighted by atomic mass is 9.96. The zero-order valence-corrected chi connectivity index (χ0v) is 9.21. The van der Waals surface area contributed by atoms with E-state index in [1.807, 2.05) is 0 Å². The summed E-state index contributed by atoms with van der Waals surface area (Å²) in [4.78, 5) is 0. The van der Waals surface area contributed by atoms with Gasteiger partial charge in [-0.3, -0.25) is 0 Å².